The highest BCUT2D eigenvalue weighted by molar-refractivity contribution is 8.00. The maximum atomic E-state index is 12.3. The molecular weight excluding hydrogens is 310 g/mol. The number of ketones is 1. The number of benzene rings is 1. The summed E-state index contributed by atoms with van der Waals surface area (Å²) in [7, 11) is 0. The fourth-order valence-corrected chi connectivity index (χ4v) is 3.02. The van der Waals surface area contributed by atoms with Gasteiger partial charge in [0.1, 0.15) is 0 Å². The van der Waals surface area contributed by atoms with Gasteiger partial charge in [-0.3, -0.25) is 9.59 Å². The second kappa shape index (κ2) is 7.46. The topological polar surface area (TPSA) is 64.0 Å². The lowest BCUT2D eigenvalue weighted by Crippen LogP contribution is -2.23. The van der Waals surface area contributed by atoms with E-state index in [1.165, 1.54) is 18.7 Å². The Morgan fingerprint density at radius 3 is 2.39 bits per heavy atom. The summed E-state index contributed by atoms with van der Waals surface area (Å²) in [6, 6.07) is 7.19. The van der Waals surface area contributed by atoms with Crippen molar-refractivity contribution in [1.29, 1.82) is 0 Å². The van der Waals surface area contributed by atoms with Crippen LogP contribution in [-0.2, 0) is 4.79 Å². The minimum Gasteiger partial charge on any atom is -0.325 e. The van der Waals surface area contributed by atoms with Crippen LogP contribution in [0.1, 0.15) is 44.1 Å². The number of anilines is 1. The molecule has 1 amide bonds. The zero-order chi connectivity index (χ0) is 17.0. The molecule has 0 fully saturated rings. The molecule has 0 aliphatic heterocycles. The third kappa shape index (κ3) is 4.45. The van der Waals surface area contributed by atoms with Crippen LogP contribution in [0.5, 0.6) is 0 Å². The first-order chi connectivity index (χ1) is 10.9. The molecule has 122 valence electrons. The van der Waals surface area contributed by atoms with Crippen LogP contribution in [0.2, 0.25) is 0 Å². The molecule has 0 bridgehead atoms. The van der Waals surface area contributed by atoms with E-state index in [1.807, 2.05) is 17.7 Å². The molecule has 1 heterocycles. The minimum absolute atomic E-state index is 0.00678. The summed E-state index contributed by atoms with van der Waals surface area (Å²) in [4.78, 5) is 27.9. The first-order valence-electron chi connectivity index (χ1n) is 7.50. The summed E-state index contributed by atoms with van der Waals surface area (Å²) in [6.07, 6.45) is 3.66. The summed E-state index contributed by atoms with van der Waals surface area (Å²) in [5.41, 5.74) is 1.31. The number of thioether (sulfide) groups is 1. The van der Waals surface area contributed by atoms with Crippen LogP contribution in [0.15, 0.2) is 41.8 Å². The van der Waals surface area contributed by atoms with Crippen molar-refractivity contribution in [3.63, 3.8) is 0 Å². The van der Waals surface area contributed by atoms with Crippen LogP contribution in [0.25, 0.3) is 0 Å². The van der Waals surface area contributed by atoms with Gasteiger partial charge < -0.3 is 9.88 Å². The summed E-state index contributed by atoms with van der Waals surface area (Å²) in [6.45, 7) is 7.52. The van der Waals surface area contributed by atoms with Crippen molar-refractivity contribution in [1.82, 2.24) is 9.55 Å². The second-order valence-electron chi connectivity index (χ2n) is 5.59. The molecule has 0 saturated heterocycles. The summed E-state index contributed by atoms with van der Waals surface area (Å²) in [5, 5.41) is 3.41. The molecule has 23 heavy (non-hydrogen) atoms. The zero-order valence-corrected chi connectivity index (χ0v) is 14.6. The minimum atomic E-state index is -0.276. The average Bonchev–Trinajstić information content (AvgIpc) is 2.96. The number of aromatic nitrogens is 2. The number of imidazole rings is 1. The van der Waals surface area contributed by atoms with E-state index in [-0.39, 0.29) is 16.9 Å². The number of nitrogens with one attached hydrogen (secondary N) is 1. The van der Waals surface area contributed by atoms with Crippen molar-refractivity contribution < 1.29 is 9.59 Å². The molecule has 0 spiro atoms. The molecule has 1 aromatic carbocycles. The summed E-state index contributed by atoms with van der Waals surface area (Å²) < 4.78 is 2.04. The number of nitrogens with zero attached hydrogens (tertiary/aromatic N) is 2. The lowest BCUT2D eigenvalue weighted by Gasteiger charge is -2.15. The van der Waals surface area contributed by atoms with E-state index < -0.39 is 0 Å². The molecule has 1 N–H and O–H groups in total. The van der Waals surface area contributed by atoms with Gasteiger partial charge in [0.15, 0.2) is 10.9 Å². The normalized spacial score (nSPS) is 12.2. The number of hydrogen-bond donors (Lipinski definition) is 1. The van der Waals surface area contributed by atoms with Crippen LogP contribution in [0.4, 0.5) is 5.69 Å². The van der Waals surface area contributed by atoms with E-state index in [2.05, 4.69) is 24.1 Å². The van der Waals surface area contributed by atoms with E-state index in [4.69, 9.17) is 0 Å². The lowest BCUT2D eigenvalue weighted by molar-refractivity contribution is -0.115. The number of carbonyl (C=O) groups excluding carboxylic acids is 2. The van der Waals surface area contributed by atoms with Crippen LogP contribution in [-0.4, -0.2) is 26.5 Å². The van der Waals surface area contributed by atoms with Crippen molar-refractivity contribution in [3.05, 3.63) is 42.2 Å². The van der Waals surface area contributed by atoms with Crippen molar-refractivity contribution in [2.75, 3.05) is 5.32 Å². The number of Topliss-reactive ketones (excluding diaryl/α,β-unsaturated/α-hetero) is 1. The summed E-state index contributed by atoms with van der Waals surface area (Å²) in [5.74, 6) is -0.0868. The van der Waals surface area contributed by atoms with Gasteiger partial charge in [-0.15, -0.1) is 0 Å². The second-order valence-corrected chi connectivity index (χ2v) is 6.90. The van der Waals surface area contributed by atoms with E-state index in [9.17, 15) is 9.59 Å². The number of hydrogen-bond acceptors (Lipinski definition) is 4. The quantitative estimate of drug-likeness (QED) is 0.646. The smallest absolute Gasteiger partial charge is 0.237 e. The zero-order valence-electron chi connectivity index (χ0n) is 13.7. The first kappa shape index (κ1) is 17.3. The van der Waals surface area contributed by atoms with E-state index in [1.54, 1.807) is 30.5 Å². The van der Waals surface area contributed by atoms with Gasteiger partial charge >= 0.3 is 0 Å². The van der Waals surface area contributed by atoms with Gasteiger partial charge in [0.2, 0.25) is 5.91 Å². The van der Waals surface area contributed by atoms with Crippen LogP contribution in [0, 0.1) is 0 Å². The predicted molar refractivity (Wildman–Crippen MR) is 93.0 cm³/mol. The molecule has 2 rings (SSSR count). The number of rotatable bonds is 6. The highest BCUT2D eigenvalue weighted by atomic mass is 32.2. The Morgan fingerprint density at radius 1 is 1.17 bits per heavy atom. The highest BCUT2D eigenvalue weighted by Gasteiger charge is 2.18. The van der Waals surface area contributed by atoms with Crippen molar-refractivity contribution >= 4 is 29.1 Å². The predicted octanol–water partition coefficient (Wildman–Crippen LogP) is 3.79. The van der Waals surface area contributed by atoms with Gasteiger partial charge in [-0.25, -0.2) is 4.98 Å². The van der Waals surface area contributed by atoms with Gasteiger partial charge in [0.05, 0.1) is 5.25 Å². The van der Waals surface area contributed by atoms with Gasteiger partial charge in [0.25, 0.3) is 0 Å². The Balaban J connectivity index is 1.99. The molecule has 1 atom stereocenters. The number of amides is 1. The van der Waals surface area contributed by atoms with Gasteiger partial charge in [-0.2, -0.15) is 0 Å². The standard InChI is InChI=1S/C17H21N3O2S/c1-11(2)20-10-9-18-17(20)23-13(4)16(22)19-15-7-5-14(6-8-15)12(3)21/h5-11,13H,1-4H3,(H,19,22). The first-order valence-corrected chi connectivity index (χ1v) is 8.37. The van der Waals surface area contributed by atoms with Crippen molar-refractivity contribution in [2.24, 2.45) is 0 Å². The largest absolute Gasteiger partial charge is 0.325 e. The Bertz CT molecular complexity index is 692. The summed E-state index contributed by atoms with van der Waals surface area (Å²) >= 11 is 1.43. The highest BCUT2D eigenvalue weighted by Crippen LogP contribution is 2.25. The number of carbonyl (C=O) groups is 2. The molecule has 0 aliphatic rings. The lowest BCUT2D eigenvalue weighted by atomic mass is 10.1. The molecule has 0 saturated carbocycles. The van der Waals surface area contributed by atoms with E-state index >= 15 is 0 Å². The van der Waals surface area contributed by atoms with Gasteiger partial charge in [0, 0.05) is 29.7 Å². The van der Waals surface area contributed by atoms with Crippen LogP contribution < -0.4 is 5.32 Å². The van der Waals surface area contributed by atoms with E-state index in [0.29, 0.717) is 17.3 Å². The van der Waals surface area contributed by atoms with Crippen molar-refractivity contribution in [2.45, 2.75) is 44.1 Å². The molecule has 0 radical (unpaired) electrons. The van der Waals surface area contributed by atoms with Crippen LogP contribution in [0.3, 0.4) is 0 Å². The maximum absolute atomic E-state index is 12.3. The van der Waals surface area contributed by atoms with E-state index in [0.717, 1.165) is 5.16 Å². The SMILES string of the molecule is CC(=O)c1ccc(NC(=O)C(C)Sc2nccn2C(C)C)cc1. The Labute approximate surface area is 140 Å². The third-order valence-electron chi connectivity index (χ3n) is 3.40. The van der Waals surface area contributed by atoms with Crippen LogP contribution >= 0.6 is 11.8 Å². The van der Waals surface area contributed by atoms with Gasteiger partial charge in [-0.1, -0.05) is 11.8 Å². The Hall–Kier alpha value is -2.08. The Morgan fingerprint density at radius 2 is 1.83 bits per heavy atom. The third-order valence-corrected chi connectivity index (χ3v) is 4.49. The van der Waals surface area contributed by atoms with Gasteiger partial charge in [-0.05, 0) is 52.0 Å². The fraction of sp³-hybridized carbons (Fsp3) is 0.353. The fourth-order valence-electron chi connectivity index (χ4n) is 2.03. The maximum Gasteiger partial charge on any atom is 0.237 e. The Kier molecular flexibility index (Phi) is 5.60. The monoisotopic (exact) mass is 331 g/mol. The average molecular weight is 331 g/mol. The molecule has 1 unspecified atom stereocenters. The molecule has 1 aromatic heterocycles. The van der Waals surface area contributed by atoms with Crippen molar-refractivity contribution in [3.8, 4) is 0 Å². The molecular formula is C17H21N3O2S. The molecule has 0 aliphatic carbocycles. The molecule has 2 aromatic rings. The molecule has 6 heteroatoms. The molecule has 5 nitrogen and oxygen atoms in total.